The molecule has 1 heterocycles. The number of nitrogens with zero attached hydrogens (tertiary/aromatic N) is 2. The molecule has 1 aromatic heterocycles. The van der Waals surface area contributed by atoms with Crippen LogP contribution in [0.15, 0.2) is 30.3 Å². The molecule has 0 aliphatic heterocycles. The first-order chi connectivity index (χ1) is 10.1. The Hall–Kier alpha value is -1.65. The molecule has 114 valence electrons. The summed E-state index contributed by atoms with van der Waals surface area (Å²) in [6, 6.07) is 10.7. The Morgan fingerprint density at radius 2 is 1.95 bits per heavy atom. The summed E-state index contributed by atoms with van der Waals surface area (Å²) in [5.74, 6) is 0. The first-order valence-corrected chi connectivity index (χ1v) is 7.46. The van der Waals surface area contributed by atoms with Gasteiger partial charge in [0.25, 0.3) is 0 Å². The van der Waals surface area contributed by atoms with Gasteiger partial charge in [-0.1, -0.05) is 18.2 Å². The number of hydrogen-bond acceptors (Lipinski definition) is 3. The van der Waals surface area contributed by atoms with Crippen LogP contribution in [-0.2, 0) is 11.3 Å². The molecule has 1 N–H and O–H groups in total. The van der Waals surface area contributed by atoms with Crippen molar-refractivity contribution in [3.63, 3.8) is 0 Å². The van der Waals surface area contributed by atoms with Gasteiger partial charge in [0.15, 0.2) is 0 Å². The quantitative estimate of drug-likeness (QED) is 0.851. The molecule has 0 saturated carbocycles. The first-order valence-electron chi connectivity index (χ1n) is 7.46. The molecule has 0 bridgehead atoms. The second kappa shape index (κ2) is 7.38. The van der Waals surface area contributed by atoms with Gasteiger partial charge in [-0.15, -0.1) is 0 Å². The van der Waals surface area contributed by atoms with Gasteiger partial charge >= 0.3 is 0 Å². The van der Waals surface area contributed by atoms with Gasteiger partial charge in [0.05, 0.1) is 11.4 Å². The lowest BCUT2D eigenvalue weighted by Crippen LogP contribution is -2.27. The molecule has 0 spiro atoms. The highest BCUT2D eigenvalue weighted by Gasteiger charge is 2.13. The molecule has 21 heavy (non-hydrogen) atoms. The number of benzene rings is 1. The van der Waals surface area contributed by atoms with Crippen molar-refractivity contribution in [1.82, 2.24) is 15.1 Å². The second-order valence-corrected chi connectivity index (χ2v) is 5.46. The molecule has 0 fully saturated rings. The van der Waals surface area contributed by atoms with E-state index in [1.165, 1.54) is 11.3 Å². The summed E-state index contributed by atoms with van der Waals surface area (Å²) in [6.07, 6.45) is 1.02. The lowest BCUT2D eigenvalue weighted by molar-refractivity contribution is 0.184. The summed E-state index contributed by atoms with van der Waals surface area (Å²) >= 11 is 0. The van der Waals surface area contributed by atoms with Crippen molar-refractivity contribution in [2.24, 2.45) is 0 Å². The van der Waals surface area contributed by atoms with Crippen molar-refractivity contribution in [2.75, 3.05) is 13.7 Å². The molecule has 0 amide bonds. The van der Waals surface area contributed by atoms with Crippen molar-refractivity contribution in [2.45, 2.75) is 39.8 Å². The molecule has 2 rings (SSSR count). The minimum Gasteiger partial charge on any atom is -0.385 e. The van der Waals surface area contributed by atoms with Crippen molar-refractivity contribution in [3.8, 4) is 5.69 Å². The standard InChI is InChI=1S/C17H25N3O/c1-13(10-11-21-4)18-12-17-14(2)19-20(15(17)3)16-8-6-5-7-9-16/h5-9,13,18H,10-12H2,1-4H3. The number of nitrogens with one attached hydrogen (secondary N) is 1. The number of aromatic nitrogens is 2. The van der Waals surface area contributed by atoms with Crippen LogP contribution < -0.4 is 5.32 Å². The zero-order valence-electron chi connectivity index (χ0n) is 13.4. The van der Waals surface area contributed by atoms with E-state index in [4.69, 9.17) is 4.74 Å². The number of ether oxygens (including phenoxy) is 1. The van der Waals surface area contributed by atoms with Gasteiger partial charge in [-0.3, -0.25) is 0 Å². The maximum absolute atomic E-state index is 5.12. The maximum Gasteiger partial charge on any atom is 0.0648 e. The molecule has 0 aliphatic carbocycles. The third-order valence-electron chi connectivity index (χ3n) is 3.82. The first kappa shape index (κ1) is 15.7. The molecule has 4 heteroatoms. The summed E-state index contributed by atoms with van der Waals surface area (Å²) < 4.78 is 7.14. The second-order valence-electron chi connectivity index (χ2n) is 5.46. The Labute approximate surface area is 127 Å². The molecule has 1 aromatic carbocycles. The summed E-state index contributed by atoms with van der Waals surface area (Å²) in [6.45, 7) is 8.02. The van der Waals surface area contributed by atoms with Gasteiger partial charge < -0.3 is 10.1 Å². The summed E-state index contributed by atoms with van der Waals surface area (Å²) in [7, 11) is 1.74. The van der Waals surface area contributed by atoms with Crippen LogP contribution in [-0.4, -0.2) is 29.5 Å². The largest absolute Gasteiger partial charge is 0.385 e. The Balaban J connectivity index is 2.09. The summed E-state index contributed by atoms with van der Waals surface area (Å²) in [5, 5.41) is 8.22. The Morgan fingerprint density at radius 1 is 1.24 bits per heavy atom. The fourth-order valence-corrected chi connectivity index (χ4v) is 2.42. The minimum atomic E-state index is 0.434. The molecule has 1 atom stereocenters. The van der Waals surface area contributed by atoms with E-state index < -0.39 is 0 Å². The fraction of sp³-hybridized carbons (Fsp3) is 0.471. The number of methoxy groups -OCH3 is 1. The van der Waals surface area contributed by atoms with Crippen LogP contribution in [0, 0.1) is 13.8 Å². The topological polar surface area (TPSA) is 39.1 Å². The molecular weight excluding hydrogens is 262 g/mol. The summed E-state index contributed by atoms with van der Waals surface area (Å²) in [4.78, 5) is 0. The number of rotatable bonds is 7. The molecule has 0 aliphatic rings. The van der Waals surface area contributed by atoms with E-state index >= 15 is 0 Å². The third-order valence-corrected chi connectivity index (χ3v) is 3.82. The Kier molecular flexibility index (Phi) is 5.53. The molecule has 0 saturated heterocycles. The molecule has 0 radical (unpaired) electrons. The van der Waals surface area contributed by atoms with E-state index in [0.29, 0.717) is 6.04 Å². The minimum absolute atomic E-state index is 0.434. The highest BCUT2D eigenvalue weighted by Crippen LogP contribution is 2.17. The van der Waals surface area contributed by atoms with Crippen LogP contribution in [0.25, 0.3) is 5.69 Å². The zero-order chi connectivity index (χ0) is 15.2. The fourth-order valence-electron chi connectivity index (χ4n) is 2.42. The lowest BCUT2D eigenvalue weighted by atomic mass is 10.1. The van der Waals surface area contributed by atoms with Crippen LogP contribution in [0.5, 0.6) is 0 Å². The number of aryl methyl sites for hydroxylation is 1. The van der Waals surface area contributed by atoms with Crippen LogP contribution in [0.1, 0.15) is 30.3 Å². The van der Waals surface area contributed by atoms with Gasteiger partial charge in [-0.2, -0.15) is 5.10 Å². The average molecular weight is 287 g/mol. The van der Waals surface area contributed by atoms with Gasteiger partial charge in [-0.05, 0) is 39.3 Å². The highest BCUT2D eigenvalue weighted by molar-refractivity contribution is 5.36. The third kappa shape index (κ3) is 3.93. The molecular formula is C17H25N3O. The molecule has 2 aromatic rings. The van der Waals surface area contributed by atoms with E-state index in [-0.39, 0.29) is 0 Å². The maximum atomic E-state index is 5.12. The Morgan fingerprint density at radius 3 is 2.62 bits per heavy atom. The predicted octanol–water partition coefficient (Wildman–Crippen LogP) is 3.00. The Bertz CT molecular complexity index is 563. The zero-order valence-corrected chi connectivity index (χ0v) is 13.4. The van der Waals surface area contributed by atoms with Gasteiger partial charge in [-0.25, -0.2) is 4.68 Å². The number of para-hydroxylation sites is 1. The van der Waals surface area contributed by atoms with Crippen LogP contribution in [0.3, 0.4) is 0 Å². The summed E-state index contributed by atoms with van der Waals surface area (Å²) in [5.41, 5.74) is 4.67. The van der Waals surface area contributed by atoms with Crippen molar-refractivity contribution >= 4 is 0 Å². The van der Waals surface area contributed by atoms with E-state index in [9.17, 15) is 0 Å². The van der Waals surface area contributed by atoms with E-state index in [0.717, 1.165) is 31.0 Å². The van der Waals surface area contributed by atoms with Crippen LogP contribution in [0.4, 0.5) is 0 Å². The van der Waals surface area contributed by atoms with Crippen molar-refractivity contribution in [3.05, 3.63) is 47.3 Å². The van der Waals surface area contributed by atoms with E-state index in [1.54, 1.807) is 7.11 Å². The molecule has 1 unspecified atom stereocenters. The van der Waals surface area contributed by atoms with Gasteiger partial charge in [0.1, 0.15) is 0 Å². The lowest BCUT2D eigenvalue weighted by Gasteiger charge is -2.13. The van der Waals surface area contributed by atoms with Crippen molar-refractivity contribution < 1.29 is 4.74 Å². The highest BCUT2D eigenvalue weighted by atomic mass is 16.5. The van der Waals surface area contributed by atoms with E-state index in [2.05, 4.69) is 43.3 Å². The van der Waals surface area contributed by atoms with Gasteiger partial charge in [0, 0.05) is 37.6 Å². The van der Waals surface area contributed by atoms with Crippen molar-refractivity contribution in [1.29, 1.82) is 0 Å². The monoisotopic (exact) mass is 287 g/mol. The number of hydrogen-bond donors (Lipinski definition) is 1. The molecule has 4 nitrogen and oxygen atoms in total. The normalized spacial score (nSPS) is 12.6. The average Bonchev–Trinajstić information content (AvgIpc) is 2.79. The SMILES string of the molecule is COCCC(C)NCc1c(C)nn(-c2ccccc2)c1C. The van der Waals surface area contributed by atoms with Crippen LogP contribution in [0.2, 0.25) is 0 Å². The van der Waals surface area contributed by atoms with E-state index in [1.807, 2.05) is 22.9 Å². The smallest absolute Gasteiger partial charge is 0.0648 e. The van der Waals surface area contributed by atoms with Gasteiger partial charge in [0.2, 0.25) is 0 Å². The predicted molar refractivity (Wildman–Crippen MR) is 85.8 cm³/mol. The van der Waals surface area contributed by atoms with Crippen LogP contribution >= 0.6 is 0 Å².